The molecule has 1 atom stereocenters. The van der Waals surface area contributed by atoms with E-state index < -0.39 is 0 Å². The summed E-state index contributed by atoms with van der Waals surface area (Å²) in [6, 6.07) is 3.80. The number of thiophene rings is 1. The van der Waals surface area contributed by atoms with Crippen molar-refractivity contribution in [1.82, 2.24) is 5.32 Å². The Balaban J connectivity index is 1.73. The Hall–Kier alpha value is -0.800. The summed E-state index contributed by atoms with van der Waals surface area (Å²) in [5, 5.41) is 2.92. The van der Waals surface area contributed by atoms with Gasteiger partial charge in [-0.3, -0.25) is 4.79 Å². The van der Waals surface area contributed by atoms with Crippen LogP contribution in [0.1, 0.15) is 24.1 Å². The van der Waals surface area contributed by atoms with E-state index in [0.29, 0.717) is 18.9 Å². The molecular formula is C12H14ClNOS. The van der Waals surface area contributed by atoms with Crippen molar-refractivity contribution < 1.29 is 4.79 Å². The van der Waals surface area contributed by atoms with E-state index in [1.165, 1.54) is 11.3 Å². The highest BCUT2D eigenvalue weighted by Crippen LogP contribution is 2.22. The highest BCUT2D eigenvalue weighted by atomic mass is 35.5. The van der Waals surface area contributed by atoms with E-state index in [1.807, 2.05) is 12.1 Å². The smallest absolute Gasteiger partial charge is 0.220 e. The molecule has 1 aromatic heterocycles. The molecule has 0 radical (unpaired) electrons. The van der Waals surface area contributed by atoms with Crippen molar-refractivity contribution in [1.29, 1.82) is 0 Å². The lowest BCUT2D eigenvalue weighted by molar-refractivity contribution is -0.121. The lowest BCUT2D eigenvalue weighted by Gasteiger charge is -2.07. The Morgan fingerprint density at radius 2 is 2.44 bits per heavy atom. The fraction of sp³-hybridized carbons (Fsp3) is 0.417. The van der Waals surface area contributed by atoms with Gasteiger partial charge in [0.25, 0.3) is 0 Å². The maximum atomic E-state index is 11.6. The van der Waals surface area contributed by atoms with Gasteiger partial charge in [-0.25, -0.2) is 0 Å². The van der Waals surface area contributed by atoms with Gasteiger partial charge in [0, 0.05) is 11.3 Å². The van der Waals surface area contributed by atoms with E-state index in [-0.39, 0.29) is 5.91 Å². The predicted molar refractivity (Wildman–Crippen MR) is 67.7 cm³/mol. The van der Waals surface area contributed by atoms with Crippen molar-refractivity contribution in [3.8, 4) is 0 Å². The van der Waals surface area contributed by atoms with Crippen LogP contribution < -0.4 is 5.32 Å². The van der Waals surface area contributed by atoms with Crippen molar-refractivity contribution in [2.75, 3.05) is 0 Å². The van der Waals surface area contributed by atoms with Crippen LogP contribution >= 0.6 is 22.9 Å². The monoisotopic (exact) mass is 255 g/mol. The van der Waals surface area contributed by atoms with Crippen LogP contribution in [0.3, 0.4) is 0 Å². The minimum Gasteiger partial charge on any atom is -0.351 e. The van der Waals surface area contributed by atoms with Crippen LogP contribution in [0, 0.1) is 5.92 Å². The number of carbonyl (C=O) groups is 1. The zero-order chi connectivity index (χ0) is 11.4. The fourth-order valence-electron chi connectivity index (χ4n) is 1.81. The molecule has 16 heavy (non-hydrogen) atoms. The maximum absolute atomic E-state index is 11.6. The Bertz CT molecular complexity index is 399. The number of carbonyl (C=O) groups excluding carboxylic acids is 1. The molecule has 1 amide bonds. The zero-order valence-corrected chi connectivity index (χ0v) is 10.5. The van der Waals surface area contributed by atoms with Gasteiger partial charge in [-0.2, -0.15) is 0 Å². The first kappa shape index (κ1) is 11.7. The van der Waals surface area contributed by atoms with E-state index in [1.54, 1.807) is 0 Å². The molecule has 2 rings (SSSR count). The zero-order valence-electron chi connectivity index (χ0n) is 8.91. The normalized spacial score (nSPS) is 18.9. The number of allylic oxidation sites excluding steroid dienone is 2. The fourth-order valence-corrected chi connectivity index (χ4v) is 2.84. The molecule has 0 bridgehead atoms. The van der Waals surface area contributed by atoms with E-state index in [9.17, 15) is 4.79 Å². The summed E-state index contributed by atoms with van der Waals surface area (Å²) in [7, 11) is 0. The molecule has 4 heteroatoms. The first-order valence-corrected chi connectivity index (χ1v) is 6.61. The third-order valence-corrected chi connectivity index (χ3v) is 3.88. The molecule has 0 saturated heterocycles. The van der Waals surface area contributed by atoms with Crippen molar-refractivity contribution in [2.24, 2.45) is 5.92 Å². The number of hydrogen-bond acceptors (Lipinski definition) is 2. The number of hydrogen-bond donors (Lipinski definition) is 1. The molecule has 0 aromatic carbocycles. The van der Waals surface area contributed by atoms with E-state index in [0.717, 1.165) is 22.1 Å². The summed E-state index contributed by atoms with van der Waals surface area (Å²) in [5.41, 5.74) is 0. The molecule has 1 aromatic rings. The molecule has 0 fully saturated rings. The van der Waals surface area contributed by atoms with Crippen LogP contribution in [-0.4, -0.2) is 5.91 Å². The van der Waals surface area contributed by atoms with Gasteiger partial charge in [0.05, 0.1) is 10.9 Å². The lowest BCUT2D eigenvalue weighted by atomic mass is 10.1. The summed E-state index contributed by atoms with van der Waals surface area (Å²) < 4.78 is 0.767. The van der Waals surface area contributed by atoms with Crippen molar-refractivity contribution >= 4 is 28.8 Å². The van der Waals surface area contributed by atoms with Crippen LogP contribution in [0.15, 0.2) is 24.3 Å². The van der Waals surface area contributed by atoms with Gasteiger partial charge in [-0.1, -0.05) is 23.8 Å². The summed E-state index contributed by atoms with van der Waals surface area (Å²) in [5.74, 6) is 0.563. The summed E-state index contributed by atoms with van der Waals surface area (Å²) >= 11 is 7.32. The topological polar surface area (TPSA) is 29.1 Å². The van der Waals surface area contributed by atoms with Crippen molar-refractivity contribution in [3.05, 3.63) is 33.5 Å². The number of rotatable bonds is 4. The Kier molecular flexibility index (Phi) is 4.02. The summed E-state index contributed by atoms with van der Waals surface area (Å²) in [4.78, 5) is 12.7. The minimum absolute atomic E-state index is 0.126. The Labute approximate surface area is 104 Å². The molecule has 1 aliphatic carbocycles. The molecule has 2 nitrogen and oxygen atoms in total. The minimum atomic E-state index is 0.126. The second-order valence-corrected chi connectivity index (χ2v) is 5.75. The van der Waals surface area contributed by atoms with E-state index in [2.05, 4.69) is 17.5 Å². The SMILES string of the molecule is O=C(CC1C=CCC1)NCc1ccc(Cl)s1. The van der Waals surface area contributed by atoms with Gasteiger partial charge in [0.2, 0.25) is 5.91 Å². The number of amides is 1. The largest absolute Gasteiger partial charge is 0.351 e. The standard InChI is InChI=1S/C12H14ClNOS/c13-11-6-5-10(16-11)8-14-12(15)7-9-3-1-2-4-9/h1,3,5-6,9H,2,4,7-8H2,(H,14,15). The molecule has 0 aliphatic heterocycles. The second-order valence-electron chi connectivity index (χ2n) is 3.95. The number of halogens is 1. The number of nitrogens with one attached hydrogen (secondary N) is 1. The Morgan fingerprint density at radius 1 is 1.56 bits per heavy atom. The lowest BCUT2D eigenvalue weighted by Crippen LogP contribution is -2.23. The van der Waals surface area contributed by atoms with Crippen LogP contribution in [0.2, 0.25) is 4.34 Å². The van der Waals surface area contributed by atoms with E-state index >= 15 is 0 Å². The van der Waals surface area contributed by atoms with E-state index in [4.69, 9.17) is 11.6 Å². The highest BCUT2D eigenvalue weighted by Gasteiger charge is 2.13. The maximum Gasteiger partial charge on any atom is 0.220 e. The van der Waals surface area contributed by atoms with Crippen LogP contribution in [-0.2, 0) is 11.3 Å². The quantitative estimate of drug-likeness (QED) is 0.822. The third kappa shape index (κ3) is 3.35. The van der Waals surface area contributed by atoms with Crippen LogP contribution in [0.25, 0.3) is 0 Å². The van der Waals surface area contributed by atoms with Gasteiger partial charge in [-0.15, -0.1) is 11.3 Å². The third-order valence-electron chi connectivity index (χ3n) is 2.65. The molecule has 1 N–H and O–H groups in total. The molecular weight excluding hydrogens is 242 g/mol. The first-order chi connectivity index (χ1) is 7.74. The molecule has 1 aliphatic rings. The van der Waals surface area contributed by atoms with Gasteiger partial charge in [0.1, 0.15) is 0 Å². The highest BCUT2D eigenvalue weighted by molar-refractivity contribution is 7.16. The van der Waals surface area contributed by atoms with Crippen LogP contribution in [0.4, 0.5) is 0 Å². The van der Waals surface area contributed by atoms with Gasteiger partial charge in [0.15, 0.2) is 0 Å². The average Bonchev–Trinajstić information content (AvgIpc) is 2.87. The van der Waals surface area contributed by atoms with Crippen molar-refractivity contribution in [3.63, 3.8) is 0 Å². The summed E-state index contributed by atoms with van der Waals surface area (Å²) in [6.45, 7) is 0.590. The van der Waals surface area contributed by atoms with Gasteiger partial charge in [-0.05, 0) is 30.9 Å². The molecule has 0 spiro atoms. The molecule has 0 saturated carbocycles. The predicted octanol–water partition coefficient (Wildman–Crippen LogP) is 3.37. The Morgan fingerprint density at radius 3 is 3.06 bits per heavy atom. The average molecular weight is 256 g/mol. The van der Waals surface area contributed by atoms with Crippen molar-refractivity contribution in [2.45, 2.75) is 25.8 Å². The molecule has 1 heterocycles. The molecule has 86 valence electrons. The van der Waals surface area contributed by atoms with Gasteiger partial charge >= 0.3 is 0 Å². The van der Waals surface area contributed by atoms with Gasteiger partial charge < -0.3 is 5.32 Å². The van der Waals surface area contributed by atoms with Crippen LogP contribution in [0.5, 0.6) is 0 Å². The molecule has 1 unspecified atom stereocenters. The second kappa shape index (κ2) is 5.51. The summed E-state index contributed by atoms with van der Waals surface area (Å²) in [6.07, 6.45) is 7.12. The first-order valence-electron chi connectivity index (χ1n) is 5.41.